The van der Waals surface area contributed by atoms with Gasteiger partial charge in [-0.05, 0) is 11.6 Å². The first-order chi connectivity index (χ1) is 13.4. The summed E-state index contributed by atoms with van der Waals surface area (Å²) in [7, 11) is 1.54. The fourth-order valence-electron chi connectivity index (χ4n) is 2.91. The van der Waals surface area contributed by atoms with Gasteiger partial charge in [-0.2, -0.15) is 13.2 Å². The summed E-state index contributed by atoms with van der Waals surface area (Å²) in [5, 5.41) is 6.07. The van der Waals surface area contributed by atoms with Gasteiger partial charge in [0.05, 0.1) is 18.4 Å². The zero-order chi connectivity index (χ0) is 20.1. The van der Waals surface area contributed by atoms with Crippen LogP contribution in [0.4, 0.5) is 19.0 Å². The minimum absolute atomic E-state index is 0.00313. The molecule has 0 bridgehead atoms. The molecular weight excluding hydrogens is 373 g/mol. The number of rotatable bonds is 7. The lowest BCUT2D eigenvalue weighted by Crippen LogP contribution is -2.43. The first-order valence-corrected chi connectivity index (χ1v) is 8.75. The van der Waals surface area contributed by atoms with E-state index in [0.29, 0.717) is 24.0 Å². The highest BCUT2D eigenvalue weighted by Gasteiger charge is 2.33. The zero-order valence-corrected chi connectivity index (χ0v) is 15.3. The van der Waals surface area contributed by atoms with Crippen LogP contribution in [-0.2, 0) is 12.7 Å². The fourth-order valence-corrected chi connectivity index (χ4v) is 2.91. The van der Waals surface area contributed by atoms with E-state index in [1.165, 1.54) is 42.4 Å². The Kier molecular flexibility index (Phi) is 5.98. The summed E-state index contributed by atoms with van der Waals surface area (Å²) >= 11 is 0. The van der Waals surface area contributed by atoms with Gasteiger partial charge in [0, 0.05) is 38.8 Å². The van der Waals surface area contributed by atoms with Gasteiger partial charge in [-0.3, -0.25) is 14.6 Å². The minimum Gasteiger partial charge on any atom is -0.331 e. The lowest BCUT2D eigenvalue weighted by molar-refractivity contribution is -0.138. The lowest BCUT2D eigenvalue weighted by atomic mass is 10.0. The number of aromatic amines is 1. The van der Waals surface area contributed by atoms with Crippen molar-refractivity contribution in [3.05, 3.63) is 51.6 Å². The van der Waals surface area contributed by atoms with Crippen LogP contribution in [0.5, 0.6) is 0 Å². The molecule has 1 aromatic carbocycles. The Bertz CT molecular complexity index is 924. The van der Waals surface area contributed by atoms with Crippen LogP contribution in [-0.4, -0.2) is 48.8 Å². The fraction of sp³-hybridized carbons (Fsp3) is 0.389. The van der Waals surface area contributed by atoms with Crippen molar-refractivity contribution in [2.75, 3.05) is 32.0 Å². The van der Waals surface area contributed by atoms with E-state index in [2.05, 4.69) is 25.6 Å². The molecule has 150 valence electrons. The standard InChI is InChI=1S/C18H21F3N6O/c1-22-9-15-16(25-11-24-8-12-6-23-7-12)27(17(28)26-15)10-13-4-2-3-5-14(13)18(19,20)21/h2-5,9,11-12,23H,6-8,10H2,1H3,(H,24,25)(H,26,28). The number of H-pyrrole nitrogens is 1. The highest BCUT2D eigenvalue weighted by Crippen LogP contribution is 2.32. The van der Waals surface area contributed by atoms with Crippen LogP contribution in [0.25, 0.3) is 0 Å². The van der Waals surface area contributed by atoms with Gasteiger partial charge in [-0.25, -0.2) is 4.79 Å². The molecule has 2 heterocycles. The number of imidazole rings is 1. The monoisotopic (exact) mass is 394 g/mol. The van der Waals surface area contributed by atoms with Crippen molar-refractivity contribution in [2.24, 2.45) is 15.9 Å². The molecule has 0 spiro atoms. The normalized spacial score (nSPS) is 15.4. The predicted octanol–water partition coefficient (Wildman–Crippen LogP) is 1.95. The summed E-state index contributed by atoms with van der Waals surface area (Å²) in [6.45, 7) is 2.20. The van der Waals surface area contributed by atoms with Crippen LogP contribution in [0.2, 0.25) is 0 Å². The summed E-state index contributed by atoms with van der Waals surface area (Å²) in [5.74, 6) is 0.782. The molecule has 28 heavy (non-hydrogen) atoms. The van der Waals surface area contributed by atoms with Gasteiger partial charge >= 0.3 is 11.9 Å². The summed E-state index contributed by atoms with van der Waals surface area (Å²) in [6.07, 6.45) is -1.62. The molecule has 3 rings (SSSR count). The molecule has 0 unspecified atom stereocenters. The van der Waals surface area contributed by atoms with Crippen LogP contribution < -0.4 is 16.3 Å². The van der Waals surface area contributed by atoms with Gasteiger partial charge in [-0.1, -0.05) is 18.2 Å². The number of hydrogen-bond donors (Lipinski definition) is 3. The summed E-state index contributed by atoms with van der Waals surface area (Å²) in [5.41, 5.74) is -0.942. The number of halogens is 3. The molecule has 1 aliphatic rings. The maximum atomic E-state index is 13.3. The number of anilines is 1. The smallest absolute Gasteiger partial charge is 0.331 e. The molecule has 0 radical (unpaired) electrons. The van der Waals surface area contributed by atoms with Crippen molar-refractivity contribution in [1.29, 1.82) is 0 Å². The van der Waals surface area contributed by atoms with Gasteiger partial charge < -0.3 is 15.6 Å². The van der Waals surface area contributed by atoms with Gasteiger partial charge in [0.25, 0.3) is 0 Å². The van der Waals surface area contributed by atoms with E-state index in [-0.39, 0.29) is 12.1 Å². The Balaban J connectivity index is 1.89. The quantitative estimate of drug-likeness (QED) is 0.496. The molecule has 0 saturated carbocycles. The number of aliphatic imine (C=N–C) groups is 2. The Morgan fingerprint density at radius 3 is 2.71 bits per heavy atom. The van der Waals surface area contributed by atoms with Gasteiger partial charge in [0.15, 0.2) is 0 Å². The van der Waals surface area contributed by atoms with E-state index >= 15 is 0 Å². The van der Waals surface area contributed by atoms with Crippen LogP contribution in [0.1, 0.15) is 16.8 Å². The molecule has 2 aromatic rings. The third kappa shape index (κ3) is 4.50. The summed E-state index contributed by atoms with van der Waals surface area (Å²) in [4.78, 5) is 23.1. The second kappa shape index (κ2) is 8.42. The summed E-state index contributed by atoms with van der Waals surface area (Å²) in [6, 6.07) is 5.19. The molecule has 1 aliphatic heterocycles. The van der Waals surface area contributed by atoms with E-state index in [0.717, 1.165) is 19.2 Å². The van der Waals surface area contributed by atoms with E-state index in [1.807, 2.05) is 0 Å². The SMILES string of the molecule is CN=Cc1[nH]c(=O)n(Cc2ccccc2C(F)(F)F)c1NC=NCC1CNC1. The highest BCUT2D eigenvalue weighted by molar-refractivity contribution is 5.88. The molecule has 1 saturated heterocycles. The van der Waals surface area contributed by atoms with Gasteiger partial charge in [0.1, 0.15) is 11.5 Å². The number of benzene rings is 1. The number of nitrogens with zero attached hydrogens (tertiary/aromatic N) is 3. The van der Waals surface area contributed by atoms with Crippen molar-refractivity contribution in [1.82, 2.24) is 14.9 Å². The highest BCUT2D eigenvalue weighted by atomic mass is 19.4. The molecular formula is C18H21F3N6O. The first-order valence-electron chi connectivity index (χ1n) is 8.75. The Labute approximate surface area is 159 Å². The van der Waals surface area contributed by atoms with Crippen molar-refractivity contribution in [3.63, 3.8) is 0 Å². The molecule has 3 N–H and O–H groups in total. The average Bonchev–Trinajstić information content (AvgIpc) is 2.88. The topological polar surface area (TPSA) is 86.6 Å². The Hall–Kier alpha value is -2.88. The van der Waals surface area contributed by atoms with Crippen LogP contribution in [0, 0.1) is 5.92 Å². The lowest BCUT2D eigenvalue weighted by Gasteiger charge is -2.24. The number of aromatic nitrogens is 2. The second-order valence-corrected chi connectivity index (χ2v) is 6.48. The first kappa shape index (κ1) is 19.9. The number of nitrogens with one attached hydrogen (secondary N) is 3. The molecule has 1 aromatic heterocycles. The third-order valence-corrected chi connectivity index (χ3v) is 4.44. The maximum absolute atomic E-state index is 13.3. The molecule has 0 amide bonds. The van der Waals surface area contributed by atoms with Crippen molar-refractivity contribution in [3.8, 4) is 0 Å². The van der Waals surface area contributed by atoms with E-state index < -0.39 is 17.4 Å². The third-order valence-electron chi connectivity index (χ3n) is 4.44. The van der Waals surface area contributed by atoms with Gasteiger partial charge in [-0.15, -0.1) is 0 Å². The molecule has 0 aliphatic carbocycles. The zero-order valence-electron chi connectivity index (χ0n) is 15.3. The predicted molar refractivity (Wildman–Crippen MR) is 102 cm³/mol. The Morgan fingerprint density at radius 2 is 2.07 bits per heavy atom. The largest absolute Gasteiger partial charge is 0.416 e. The number of hydrogen-bond acceptors (Lipinski definition) is 4. The minimum atomic E-state index is -4.50. The van der Waals surface area contributed by atoms with Crippen LogP contribution >= 0.6 is 0 Å². The van der Waals surface area contributed by atoms with E-state index in [9.17, 15) is 18.0 Å². The van der Waals surface area contributed by atoms with E-state index in [1.54, 1.807) is 0 Å². The van der Waals surface area contributed by atoms with Crippen molar-refractivity contribution >= 4 is 18.4 Å². The van der Waals surface area contributed by atoms with Crippen LogP contribution in [0.3, 0.4) is 0 Å². The maximum Gasteiger partial charge on any atom is 0.416 e. The van der Waals surface area contributed by atoms with Crippen LogP contribution in [0.15, 0.2) is 39.0 Å². The number of alkyl halides is 3. The average molecular weight is 394 g/mol. The molecule has 1 fully saturated rings. The summed E-state index contributed by atoms with van der Waals surface area (Å²) < 4.78 is 41.1. The molecule has 0 atom stereocenters. The second-order valence-electron chi connectivity index (χ2n) is 6.48. The van der Waals surface area contributed by atoms with Crippen molar-refractivity contribution in [2.45, 2.75) is 12.7 Å². The molecule has 10 heteroatoms. The molecule has 7 nitrogen and oxygen atoms in total. The van der Waals surface area contributed by atoms with Gasteiger partial charge in [0.2, 0.25) is 0 Å². The Morgan fingerprint density at radius 1 is 1.32 bits per heavy atom. The van der Waals surface area contributed by atoms with E-state index in [4.69, 9.17) is 0 Å². The van der Waals surface area contributed by atoms with Crippen molar-refractivity contribution < 1.29 is 13.2 Å².